The first-order valence-electron chi connectivity index (χ1n) is 9.56. The van der Waals surface area contributed by atoms with E-state index in [4.69, 9.17) is 4.98 Å². The second-order valence-electron chi connectivity index (χ2n) is 7.52. The van der Waals surface area contributed by atoms with Gasteiger partial charge < -0.3 is 9.47 Å². The summed E-state index contributed by atoms with van der Waals surface area (Å²) in [5, 5.41) is 0. The van der Waals surface area contributed by atoms with Crippen LogP contribution in [0.5, 0.6) is 0 Å². The van der Waals surface area contributed by atoms with Crippen LogP contribution in [0.25, 0.3) is 11.0 Å². The third-order valence-corrected chi connectivity index (χ3v) is 5.83. The van der Waals surface area contributed by atoms with Gasteiger partial charge in [-0.15, -0.1) is 0 Å². The number of para-hydroxylation sites is 2. The summed E-state index contributed by atoms with van der Waals surface area (Å²) in [6.07, 6.45) is 2.08. The van der Waals surface area contributed by atoms with Gasteiger partial charge in [-0.3, -0.25) is 4.79 Å². The van der Waals surface area contributed by atoms with E-state index < -0.39 is 0 Å². The Bertz CT molecular complexity index is 961. The zero-order valence-electron chi connectivity index (χ0n) is 15.7. The average molecular weight is 426 g/mol. The molecule has 1 amide bonds. The van der Waals surface area contributed by atoms with Crippen LogP contribution in [0.1, 0.15) is 54.8 Å². The molecule has 0 bridgehead atoms. The zero-order valence-corrected chi connectivity index (χ0v) is 17.3. The van der Waals surface area contributed by atoms with Gasteiger partial charge >= 0.3 is 0 Å². The highest BCUT2D eigenvalue weighted by molar-refractivity contribution is 9.10. The van der Waals surface area contributed by atoms with Crippen LogP contribution in [0.4, 0.5) is 0 Å². The van der Waals surface area contributed by atoms with Crippen LogP contribution >= 0.6 is 15.9 Å². The van der Waals surface area contributed by atoms with E-state index in [0.717, 1.165) is 47.3 Å². The lowest BCUT2D eigenvalue weighted by Gasteiger charge is -2.33. The van der Waals surface area contributed by atoms with E-state index >= 15 is 0 Å². The van der Waals surface area contributed by atoms with Gasteiger partial charge in [-0.05, 0) is 63.1 Å². The highest BCUT2D eigenvalue weighted by Gasteiger charge is 2.29. The Labute approximate surface area is 168 Å². The molecule has 1 aliphatic heterocycles. The summed E-state index contributed by atoms with van der Waals surface area (Å²) in [6.45, 7) is 5.94. The monoisotopic (exact) mass is 425 g/mol. The second-order valence-corrected chi connectivity index (χ2v) is 8.44. The number of benzene rings is 2. The maximum atomic E-state index is 13.0. The van der Waals surface area contributed by atoms with Crippen molar-refractivity contribution in [3.8, 4) is 0 Å². The summed E-state index contributed by atoms with van der Waals surface area (Å²) in [6, 6.07) is 16.3. The minimum Gasteiger partial charge on any atom is -0.338 e. The maximum Gasteiger partial charge on any atom is 0.253 e. The molecule has 1 saturated heterocycles. The molecule has 0 aliphatic carbocycles. The van der Waals surface area contributed by atoms with E-state index in [1.807, 2.05) is 35.2 Å². The lowest BCUT2D eigenvalue weighted by molar-refractivity contribution is 0.0703. The lowest BCUT2D eigenvalue weighted by atomic mass is 9.96. The number of likely N-dealkylation sites (tertiary alicyclic amines) is 1. The van der Waals surface area contributed by atoms with Crippen molar-refractivity contribution in [2.24, 2.45) is 0 Å². The van der Waals surface area contributed by atoms with Gasteiger partial charge in [-0.1, -0.05) is 28.1 Å². The van der Waals surface area contributed by atoms with Gasteiger partial charge in [0.05, 0.1) is 11.0 Å². The number of aromatic nitrogens is 2. The van der Waals surface area contributed by atoms with Crippen LogP contribution < -0.4 is 0 Å². The van der Waals surface area contributed by atoms with E-state index in [0.29, 0.717) is 6.04 Å². The van der Waals surface area contributed by atoms with Gasteiger partial charge in [0.15, 0.2) is 0 Å². The average Bonchev–Trinajstić information content (AvgIpc) is 3.08. The number of fused-ring (bicyclic) bond motifs is 1. The number of halogens is 1. The predicted molar refractivity (Wildman–Crippen MR) is 112 cm³/mol. The van der Waals surface area contributed by atoms with Crippen molar-refractivity contribution in [1.82, 2.24) is 14.5 Å². The van der Waals surface area contributed by atoms with Crippen molar-refractivity contribution in [2.45, 2.75) is 38.6 Å². The molecule has 1 aromatic heterocycles. The highest BCUT2D eigenvalue weighted by Crippen LogP contribution is 2.32. The Balaban J connectivity index is 1.63. The summed E-state index contributed by atoms with van der Waals surface area (Å²) >= 11 is 3.43. The van der Waals surface area contributed by atoms with Crippen molar-refractivity contribution in [3.05, 3.63) is 64.4 Å². The van der Waals surface area contributed by atoms with E-state index in [9.17, 15) is 4.79 Å². The largest absolute Gasteiger partial charge is 0.338 e. The molecule has 1 aliphatic rings. The van der Waals surface area contributed by atoms with Crippen LogP contribution in [0.2, 0.25) is 0 Å². The van der Waals surface area contributed by atoms with E-state index in [2.05, 4.69) is 52.5 Å². The molecule has 140 valence electrons. The molecule has 0 radical (unpaired) electrons. The molecular formula is C22H24BrN3O. The molecule has 0 N–H and O–H groups in total. The number of imidazole rings is 1. The number of carbonyl (C=O) groups is 1. The molecule has 3 aromatic rings. The van der Waals surface area contributed by atoms with Crippen molar-refractivity contribution < 1.29 is 4.79 Å². The smallest absolute Gasteiger partial charge is 0.253 e. The van der Waals surface area contributed by atoms with Gasteiger partial charge in [0.1, 0.15) is 5.82 Å². The first kappa shape index (κ1) is 18.2. The lowest BCUT2D eigenvalue weighted by Crippen LogP contribution is -2.39. The second kappa shape index (κ2) is 7.47. The third-order valence-electron chi connectivity index (χ3n) is 5.30. The standard InChI is InChI=1S/C22H24BrN3O/c1-15(2)26-20-8-4-3-7-19(20)24-21(26)17-6-5-13-25(14-17)22(27)16-9-11-18(23)12-10-16/h3-4,7-12,15,17H,5-6,13-14H2,1-2H3. The number of rotatable bonds is 3. The summed E-state index contributed by atoms with van der Waals surface area (Å²) in [5.74, 6) is 1.49. The summed E-state index contributed by atoms with van der Waals surface area (Å²) in [7, 11) is 0. The van der Waals surface area contributed by atoms with Gasteiger partial charge in [0, 0.05) is 35.1 Å². The van der Waals surface area contributed by atoms with Crippen molar-refractivity contribution in [2.75, 3.05) is 13.1 Å². The van der Waals surface area contributed by atoms with Crippen LogP contribution in [-0.4, -0.2) is 33.4 Å². The molecule has 2 heterocycles. The Morgan fingerprint density at radius 1 is 1.15 bits per heavy atom. The zero-order chi connectivity index (χ0) is 19.0. The Morgan fingerprint density at radius 3 is 2.63 bits per heavy atom. The third kappa shape index (κ3) is 3.53. The van der Waals surface area contributed by atoms with E-state index in [1.54, 1.807) is 0 Å². The topological polar surface area (TPSA) is 38.1 Å². The molecule has 2 aromatic carbocycles. The Morgan fingerprint density at radius 2 is 1.89 bits per heavy atom. The molecule has 0 saturated carbocycles. The molecule has 1 atom stereocenters. The molecule has 4 nitrogen and oxygen atoms in total. The summed E-state index contributed by atoms with van der Waals surface area (Å²) in [4.78, 5) is 19.9. The maximum absolute atomic E-state index is 13.0. The van der Waals surface area contributed by atoms with E-state index in [1.165, 1.54) is 5.52 Å². The fraction of sp³-hybridized carbons (Fsp3) is 0.364. The number of piperidine rings is 1. The van der Waals surface area contributed by atoms with Gasteiger partial charge in [0.2, 0.25) is 0 Å². The molecule has 27 heavy (non-hydrogen) atoms. The first-order valence-corrected chi connectivity index (χ1v) is 10.4. The van der Waals surface area contributed by atoms with Crippen LogP contribution in [0.15, 0.2) is 53.0 Å². The Hall–Kier alpha value is -2.14. The fourth-order valence-corrected chi connectivity index (χ4v) is 4.31. The van der Waals surface area contributed by atoms with Gasteiger partial charge in [-0.2, -0.15) is 0 Å². The predicted octanol–water partition coefficient (Wildman–Crippen LogP) is 5.40. The van der Waals surface area contributed by atoms with Crippen molar-refractivity contribution in [1.29, 1.82) is 0 Å². The van der Waals surface area contributed by atoms with Crippen molar-refractivity contribution in [3.63, 3.8) is 0 Å². The number of carbonyl (C=O) groups excluding carboxylic acids is 1. The number of hydrogen-bond donors (Lipinski definition) is 0. The quantitative estimate of drug-likeness (QED) is 0.563. The number of nitrogens with zero attached hydrogens (tertiary/aromatic N) is 3. The molecule has 1 unspecified atom stereocenters. The Kier molecular flexibility index (Phi) is 5.04. The SMILES string of the molecule is CC(C)n1c(C2CCCN(C(=O)c3ccc(Br)cc3)C2)nc2ccccc21. The molecule has 0 spiro atoms. The molecule has 1 fully saturated rings. The van der Waals surface area contributed by atoms with Crippen LogP contribution in [0.3, 0.4) is 0 Å². The van der Waals surface area contributed by atoms with Crippen molar-refractivity contribution >= 4 is 32.9 Å². The van der Waals surface area contributed by atoms with E-state index in [-0.39, 0.29) is 11.8 Å². The highest BCUT2D eigenvalue weighted by atomic mass is 79.9. The minimum absolute atomic E-state index is 0.111. The van der Waals surface area contributed by atoms with Crippen LogP contribution in [-0.2, 0) is 0 Å². The summed E-state index contributed by atoms with van der Waals surface area (Å²) in [5.41, 5.74) is 2.97. The minimum atomic E-state index is 0.111. The first-order chi connectivity index (χ1) is 13.0. The molecule has 5 heteroatoms. The normalized spacial score (nSPS) is 17.6. The van der Waals surface area contributed by atoms with Gasteiger partial charge in [0.25, 0.3) is 5.91 Å². The fourth-order valence-electron chi connectivity index (χ4n) is 4.04. The van der Waals surface area contributed by atoms with Gasteiger partial charge in [-0.25, -0.2) is 4.98 Å². The number of hydrogen-bond acceptors (Lipinski definition) is 2. The summed E-state index contributed by atoms with van der Waals surface area (Å²) < 4.78 is 3.33. The van der Waals surface area contributed by atoms with Crippen LogP contribution in [0, 0.1) is 0 Å². The molecule has 4 rings (SSSR count). The number of amides is 1. The molecular weight excluding hydrogens is 402 g/mol.